The second kappa shape index (κ2) is 3.70. The fraction of sp³-hybridized carbons (Fsp3) is 0.364. The van der Waals surface area contributed by atoms with Gasteiger partial charge in [0.25, 0.3) is 0 Å². The van der Waals surface area contributed by atoms with E-state index in [1.165, 1.54) is 4.90 Å². The van der Waals surface area contributed by atoms with Crippen LogP contribution >= 0.6 is 0 Å². The number of anilines is 1. The Morgan fingerprint density at radius 1 is 1.67 bits per heavy atom. The first-order chi connectivity index (χ1) is 7.22. The number of carbonyl (C=O) groups is 1. The van der Waals surface area contributed by atoms with Crippen LogP contribution < -0.4 is 4.90 Å². The Bertz CT molecular complexity index is 432. The predicted molar refractivity (Wildman–Crippen MR) is 55.1 cm³/mol. The fourth-order valence-corrected chi connectivity index (χ4v) is 1.39. The average Bonchev–Trinajstić information content (AvgIpc) is 3.11. The van der Waals surface area contributed by atoms with E-state index in [4.69, 9.17) is 5.26 Å². The third kappa shape index (κ3) is 1.96. The quantitative estimate of drug-likeness (QED) is 0.725. The van der Waals surface area contributed by atoms with E-state index in [9.17, 15) is 4.79 Å². The molecule has 1 amide bonds. The molecule has 2 rings (SSSR count). The number of aromatic nitrogens is 1. The van der Waals surface area contributed by atoms with Gasteiger partial charge in [0.15, 0.2) is 0 Å². The van der Waals surface area contributed by atoms with Crippen LogP contribution in [-0.2, 0) is 4.79 Å². The summed E-state index contributed by atoms with van der Waals surface area (Å²) in [5, 5.41) is 8.72. The first-order valence-corrected chi connectivity index (χ1v) is 4.86. The van der Waals surface area contributed by atoms with Crippen LogP contribution in [0.5, 0.6) is 0 Å². The van der Waals surface area contributed by atoms with E-state index in [-0.39, 0.29) is 11.8 Å². The van der Waals surface area contributed by atoms with Crippen molar-refractivity contribution in [1.82, 2.24) is 4.98 Å². The maximum Gasteiger partial charge on any atom is 0.230 e. The zero-order valence-corrected chi connectivity index (χ0v) is 8.47. The van der Waals surface area contributed by atoms with Crippen LogP contribution in [0.2, 0.25) is 0 Å². The summed E-state index contributed by atoms with van der Waals surface area (Å²) in [5.74, 6) is 0.811. The highest BCUT2D eigenvalue weighted by Gasteiger charge is 2.32. The molecule has 1 aromatic heterocycles. The Morgan fingerprint density at radius 2 is 2.40 bits per heavy atom. The van der Waals surface area contributed by atoms with Gasteiger partial charge in [-0.2, -0.15) is 5.26 Å². The highest BCUT2D eigenvalue weighted by atomic mass is 16.2. The van der Waals surface area contributed by atoms with Crippen LogP contribution in [-0.4, -0.2) is 17.9 Å². The summed E-state index contributed by atoms with van der Waals surface area (Å²) < 4.78 is 0. The summed E-state index contributed by atoms with van der Waals surface area (Å²) in [6, 6.07) is 5.28. The molecule has 0 N–H and O–H groups in total. The molecule has 1 aliphatic rings. The van der Waals surface area contributed by atoms with E-state index in [0.717, 1.165) is 12.8 Å². The van der Waals surface area contributed by atoms with E-state index in [0.29, 0.717) is 11.4 Å². The van der Waals surface area contributed by atoms with Gasteiger partial charge in [-0.15, -0.1) is 0 Å². The minimum absolute atomic E-state index is 0.0950. The van der Waals surface area contributed by atoms with Crippen molar-refractivity contribution in [2.45, 2.75) is 12.8 Å². The van der Waals surface area contributed by atoms with Crippen molar-refractivity contribution in [3.8, 4) is 6.07 Å². The van der Waals surface area contributed by atoms with E-state index >= 15 is 0 Å². The average molecular weight is 201 g/mol. The topological polar surface area (TPSA) is 57.0 Å². The lowest BCUT2D eigenvalue weighted by Crippen LogP contribution is -2.28. The number of nitriles is 1. The lowest BCUT2D eigenvalue weighted by molar-refractivity contribution is -0.119. The Balaban J connectivity index is 2.21. The molecule has 0 spiro atoms. The monoisotopic (exact) mass is 201 g/mol. The molecule has 1 saturated carbocycles. The van der Waals surface area contributed by atoms with Gasteiger partial charge in [0.05, 0.1) is 11.6 Å². The normalized spacial score (nSPS) is 14.4. The molecule has 0 aliphatic heterocycles. The molecule has 0 bridgehead atoms. The minimum atomic E-state index is 0.0950. The molecule has 4 heteroatoms. The molecular formula is C11H11N3O. The van der Waals surface area contributed by atoms with Crippen molar-refractivity contribution < 1.29 is 4.79 Å². The number of pyridine rings is 1. The van der Waals surface area contributed by atoms with Gasteiger partial charge in [-0.25, -0.2) is 4.98 Å². The highest BCUT2D eigenvalue weighted by Crippen LogP contribution is 2.31. The predicted octanol–water partition coefficient (Wildman–Crippen LogP) is 1.33. The van der Waals surface area contributed by atoms with Crippen molar-refractivity contribution in [2.75, 3.05) is 11.9 Å². The largest absolute Gasteiger partial charge is 0.300 e. The van der Waals surface area contributed by atoms with Crippen LogP contribution in [0, 0.1) is 17.2 Å². The molecule has 0 radical (unpaired) electrons. The minimum Gasteiger partial charge on any atom is -0.300 e. The summed E-state index contributed by atoms with van der Waals surface area (Å²) in [6.45, 7) is 0. The Kier molecular flexibility index (Phi) is 2.38. The molecule has 4 nitrogen and oxygen atoms in total. The van der Waals surface area contributed by atoms with Gasteiger partial charge in [0.2, 0.25) is 5.91 Å². The molecule has 1 fully saturated rings. The van der Waals surface area contributed by atoms with E-state index < -0.39 is 0 Å². The molecule has 0 atom stereocenters. The number of hydrogen-bond donors (Lipinski definition) is 0. The number of rotatable bonds is 2. The third-order valence-electron chi connectivity index (χ3n) is 2.48. The smallest absolute Gasteiger partial charge is 0.230 e. The van der Waals surface area contributed by atoms with Crippen LogP contribution in [0.1, 0.15) is 18.4 Å². The van der Waals surface area contributed by atoms with E-state index in [1.54, 1.807) is 25.4 Å². The van der Waals surface area contributed by atoms with Gasteiger partial charge in [-0.05, 0) is 25.0 Å². The lowest BCUT2D eigenvalue weighted by Gasteiger charge is -2.15. The molecule has 1 aliphatic carbocycles. The molecule has 0 saturated heterocycles. The number of carbonyl (C=O) groups excluding carboxylic acids is 1. The van der Waals surface area contributed by atoms with Crippen LogP contribution in [0.15, 0.2) is 18.3 Å². The van der Waals surface area contributed by atoms with Gasteiger partial charge in [-0.3, -0.25) is 9.69 Å². The van der Waals surface area contributed by atoms with Gasteiger partial charge < -0.3 is 0 Å². The second-order valence-electron chi connectivity index (χ2n) is 3.69. The van der Waals surface area contributed by atoms with Crippen molar-refractivity contribution in [1.29, 1.82) is 5.26 Å². The zero-order valence-electron chi connectivity index (χ0n) is 8.47. The zero-order chi connectivity index (χ0) is 10.8. The summed E-state index contributed by atoms with van der Waals surface area (Å²) in [4.78, 5) is 17.3. The van der Waals surface area contributed by atoms with Crippen LogP contribution in [0.4, 0.5) is 5.82 Å². The van der Waals surface area contributed by atoms with Gasteiger partial charge in [0.1, 0.15) is 5.82 Å². The lowest BCUT2D eigenvalue weighted by atomic mass is 10.2. The third-order valence-corrected chi connectivity index (χ3v) is 2.48. The summed E-state index contributed by atoms with van der Waals surface area (Å²) in [6.07, 6.45) is 3.49. The number of nitrogens with zero attached hydrogens (tertiary/aromatic N) is 3. The summed E-state index contributed by atoms with van der Waals surface area (Å²) in [7, 11) is 1.70. The van der Waals surface area contributed by atoms with Crippen molar-refractivity contribution >= 4 is 11.7 Å². The molecule has 15 heavy (non-hydrogen) atoms. The van der Waals surface area contributed by atoms with Gasteiger partial charge >= 0.3 is 0 Å². The van der Waals surface area contributed by atoms with Gasteiger partial charge in [-0.1, -0.05) is 0 Å². The van der Waals surface area contributed by atoms with Gasteiger partial charge in [0, 0.05) is 19.2 Å². The molecule has 0 unspecified atom stereocenters. The SMILES string of the molecule is CN(C(=O)C1CC1)c1cc(C#N)ccn1. The first-order valence-electron chi connectivity index (χ1n) is 4.86. The Hall–Kier alpha value is -1.89. The Morgan fingerprint density at radius 3 is 3.00 bits per heavy atom. The Labute approximate surface area is 88.1 Å². The van der Waals surface area contributed by atoms with Crippen LogP contribution in [0.3, 0.4) is 0 Å². The van der Waals surface area contributed by atoms with Crippen molar-refractivity contribution in [2.24, 2.45) is 5.92 Å². The first kappa shape index (κ1) is 9.66. The second-order valence-corrected chi connectivity index (χ2v) is 3.69. The van der Waals surface area contributed by atoms with Crippen molar-refractivity contribution in [3.63, 3.8) is 0 Å². The summed E-state index contributed by atoms with van der Waals surface area (Å²) in [5.41, 5.74) is 0.524. The number of amides is 1. The standard InChI is InChI=1S/C11H11N3O/c1-14(11(15)9-2-3-9)10-6-8(7-12)4-5-13-10/h4-6,9H,2-3H2,1H3. The number of hydrogen-bond acceptors (Lipinski definition) is 3. The molecule has 76 valence electrons. The van der Waals surface area contributed by atoms with E-state index in [2.05, 4.69) is 4.98 Å². The molecule has 0 aromatic carbocycles. The fourth-order valence-electron chi connectivity index (χ4n) is 1.39. The molecule has 1 heterocycles. The van der Waals surface area contributed by atoms with Crippen molar-refractivity contribution in [3.05, 3.63) is 23.9 Å². The highest BCUT2D eigenvalue weighted by molar-refractivity contribution is 5.95. The molecule has 1 aromatic rings. The summed E-state index contributed by atoms with van der Waals surface area (Å²) >= 11 is 0. The van der Waals surface area contributed by atoms with E-state index in [1.807, 2.05) is 6.07 Å². The molecular weight excluding hydrogens is 190 g/mol. The maximum atomic E-state index is 11.7. The maximum absolute atomic E-state index is 11.7. The van der Waals surface area contributed by atoms with Crippen LogP contribution in [0.25, 0.3) is 0 Å².